The first-order chi connectivity index (χ1) is 12.5. The molecule has 1 heterocycles. The second-order valence-electron chi connectivity index (χ2n) is 7.92. The molecule has 1 saturated carbocycles. The van der Waals surface area contributed by atoms with Gasteiger partial charge in [0.25, 0.3) is 0 Å². The summed E-state index contributed by atoms with van der Waals surface area (Å²) in [6, 6.07) is 8.17. The molecular weight excluding hydrogens is 326 g/mol. The quantitative estimate of drug-likeness (QED) is 0.798. The third-order valence-electron chi connectivity index (χ3n) is 6.24. The smallest absolute Gasteiger partial charge is 0.223 e. The van der Waals surface area contributed by atoms with Crippen molar-refractivity contribution in [3.63, 3.8) is 0 Å². The first kappa shape index (κ1) is 17.3. The maximum absolute atomic E-state index is 5.30. The zero-order chi connectivity index (χ0) is 18.3. The molecule has 2 bridgehead atoms. The molecule has 1 aromatic heterocycles. The molecule has 0 spiro atoms. The van der Waals surface area contributed by atoms with Crippen LogP contribution in [-0.2, 0) is 11.2 Å². The number of hydrogen-bond acceptors (Lipinski definition) is 5. The molecule has 5 heteroatoms. The van der Waals surface area contributed by atoms with Gasteiger partial charge in [0.05, 0.1) is 25.1 Å². The molecule has 138 valence electrons. The molecule has 1 fully saturated rings. The lowest BCUT2D eigenvalue weighted by atomic mass is 9.48. The monoisotopic (exact) mass is 353 g/mol. The molecule has 2 unspecified atom stereocenters. The maximum atomic E-state index is 5.30. The van der Waals surface area contributed by atoms with E-state index in [0.29, 0.717) is 30.4 Å². The van der Waals surface area contributed by atoms with E-state index in [2.05, 4.69) is 31.3 Å². The molecule has 3 aliphatic rings. The minimum Gasteiger partial charge on any atom is -0.497 e. The molecule has 2 aromatic rings. The number of benzene rings is 1. The summed E-state index contributed by atoms with van der Waals surface area (Å²) in [5, 5.41) is 3.32. The molecule has 2 atom stereocenters. The van der Waals surface area contributed by atoms with Gasteiger partial charge < -0.3 is 14.8 Å². The highest BCUT2D eigenvalue weighted by Gasteiger charge is 2.54. The first-order valence-electron chi connectivity index (χ1n) is 9.32. The van der Waals surface area contributed by atoms with Crippen LogP contribution in [0.25, 0.3) is 11.3 Å². The minimum absolute atomic E-state index is 0.336. The van der Waals surface area contributed by atoms with Gasteiger partial charge in [0, 0.05) is 30.7 Å². The van der Waals surface area contributed by atoms with Gasteiger partial charge in [-0.3, -0.25) is 0 Å². The summed E-state index contributed by atoms with van der Waals surface area (Å²) in [5.74, 6) is 2.82. The zero-order valence-corrected chi connectivity index (χ0v) is 16.0. The van der Waals surface area contributed by atoms with E-state index in [1.165, 1.54) is 17.7 Å². The fraction of sp³-hybridized carbons (Fsp3) is 0.524. The highest BCUT2D eigenvalue weighted by molar-refractivity contribution is 5.67. The normalized spacial score (nSPS) is 22.3. The Hall–Kier alpha value is -2.14. The summed E-state index contributed by atoms with van der Waals surface area (Å²) in [5.41, 5.74) is 5.08. The van der Waals surface area contributed by atoms with Crippen molar-refractivity contribution in [2.45, 2.75) is 32.6 Å². The highest BCUT2D eigenvalue weighted by atomic mass is 16.5. The van der Waals surface area contributed by atoms with E-state index in [4.69, 9.17) is 19.4 Å². The zero-order valence-electron chi connectivity index (χ0n) is 16.0. The van der Waals surface area contributed by atoms with E-state index < -0.39 is 0 Å². The standard InChI is InChI=1S/C21H27N3O2/c1-21(2)14-11-16-18(13-5-7-15(26-4)8-6-13)23-20(22-9-10-25-3)24-19(16)17(21)12-14/h5-8,14,17H,9-12H2,1-4H3,(H,22,23,24). The number of anilines is 1. The Kier molecular flexibility index (Phi) is 4.35. The molecule has 1 aromatic carbocycles. The van der Waals surface area contributed by atoms with E-state index in [1.54, 1.807) is 14.2 Å². The molecule has 26 heavy (non-hydrogen) atoms. The highest BCUT2D eigenvalue weighted by Crippen LogP contribution is 2.62. The second kappa shape index (κ2) is 6.54. The lowest BCUT2D eigenvalue weighted by Gasteiger charge is -2.56. The lowest BCUT2D eigenvalue weighted by Crippen LogP contribution is -2.48. The number of ether oxygens (including phenoxy) is 2. The Bertz CT molecular complexity index is 802. The number of aromatic nitrogens is 2. The van der Waals surface area contributed by atoms with Crippen LogP contribution in [0.2, 0.25) is 0 Å². The number of hydrogen-bond donors (Lipinski definition) is 1. The average molecular weight is 353 g/mol. The molecule has 5 nitrogen and oxygen atoms in total. The second-order valence-corrected chi connectivity index (χ2v) is 7.92. The molecule has 0 amide bonds. The number of rotatable bonds is 6. The Labute approximate surface area is 155 Å². The van der Waals surface area contributed by atoms with Crippen molar-refractivity contribution in [2.24, 2.45) is 11.3 Å². The van der Waals surface area contributed by atoms with Crippen LogP contribution >= 0.6 is 0 Å². The van der Waals surface area contributed by atoms with Crippen molar-refractivity contribution in [1.82, 2.24) is 9.97 Å². The van der Waals surface area contributed by atoms with Crippen LogP contribution in [0.3, 0.4) is 0 Å². The predicted molar refractivity (Wildman–Crippen MR) is 103 cm³/mol. The number of nitrogens with one attached hydrogen (secondary N) is 1. The van der Waals surface area contributed by atoms with E-state index in [0.717, 1.165) is 29.3 Å². The molecular formula is C21H27N3O2. The molecule has 0 radical (unpaired) electrons. The van der Waals surface area contributed by atoms with Crippen LogP contribution in [-0.4, -0.2) is 37.3 Å². The van der Waals surface area contributed by atoms with Crippen molar-refractivity contribution in [2.75, 3.05) is 32.7 Å². The molecule has 0 aliphatic heterocycles. The van der Waals surface area contributed by atoms with Crippen LogP contribution in [0.5, 0.6) is 5.75 Å². The summed E-state index contributed by atoms with van der Waals surface area (Å²) in [4.78, 5) is 9.78. The van der Waals surface area contributed by atoms with Crippen molar-refractivity contribution >= 4 is 5.95 Å². The van der Waals surface area contributed by atoms with Crippen LogP contribution in [0.4, 0.5) is 5.95 Å². The predicted octanol–water partition coefficient (Wildman–Crippen LogP) is 3.90. The van der Waals surface area contributed by atoms with Gasteiger partial charge in [-0.05, 0) is 48.4 Å². The van der Waals surface area contributed by atoms with Crippen LogP contribution in [0.1, 0.15) is 37.4 Å². The van der Waals surface area contributed by atoms with E-state index >= 15 is 0 Å². The van der Waals surface area contributed by atoms with Gasteiger partial charge in [0.2, 0.25) is 5.95 Å². The van der Waals surface area contributed by atoms with Crippen molar-refractivity contribution in [3.05, 3.63) is 35.5 Å². The van der Waals surface area contributed by atoms with Crippen molar-refractivity contribution in [1.29, 1.82) is 0 Å². The van der Waals surface area contributed by atoms with E-state index in [-0.39, 0.29) is 0 Å². The largest absolute Gasteiger partial charge is 0.497 e. The Morgan fingerprint density at radius 3 is 2.58 bits per heavy atom. The molecule has 5 rings (SSSR count). The van der Waals surface area contributed by atoms with Gasteiger partial charge in [-0.25, -0.2) is 9.97 Å². The number of nitrogens with zero attached hydrogens (tertiary/aromatic N) is 2. The van der Waals surface area contributed by atoms with E-state index in [1.807, 2.05) is 12.1 Å². The average Bonchev–Trinajstić information content (AvgIpc) is 2.67. The molecule has 1 N–H and O–H groups in total. The van der Waals surface area contributed by atoms with Crippen molar-refractivity contribution < 1.29 is 9.47 Å². The van der Waals surface area contributed by atoms with Crippen LogP contribution < -0.4 is 10.1 Å². The molecule has 3 aliphatic carbocycles. The summed E-state index contributed by atoms with van der Waals surface area (Å²) < 4.78 is 10.4. The SMILES string of the molecule is COCCNc1nc(-c2ccc(OC)cc2)c2c(n1)C1CC(C2)C1(C)C. The summed E-state index contributed by atoms with van der Waals surface area (Å²) in [7, 11) is 3.39. The van der Waals surface area contributed by atoms with Gasteiger partial charge in [-0.1, -0.05) is 13.8 Å². The topological polar surface area (TPSA) is 56.3 Å². The molecule has 0 saturated heterocycles. The lowest BCUT2D eigenvalue weighted by molar-refractivity contribution is 0.0156. The maximum Gasteiger partial charge on any atom is 0.223 e. The number of methoxy groups -OCH3 is 2. The Morgan fingerprint density at radius 2 is 1.92 bits per heavy atom. The summed E-state index contributed by atoms with van der Waals surface area (Å²) >= 11 is 0. The Morgan fingerprint density at radius 1 is 1.15 bits per heavy atom. The van der Waals surface area contributed by atoms with Gasteiger partial charge in [-0.15, -0.1) is 0 Å². The van der Waals surface area contributed by atoms with Gasteiger partial charge in [-0.2, -0.15) is 0 Å². The Balaban J connectivity index is 1.76. The fourth-order valence-corrected chi connectivity index (χ4v) is 4.40. The summed E-state index contributed by atoms with van der Waals surface area (Å²) in [6.45, 7) is 6.09. The fourth-order valence-electron chi connectivity index (χ4n) is 4.40. The van der Waals surface area contributed by atoms with Gasteiger partial charge >= 0.3 is 0 Å². The first-order valence-corrected chi connectivity index (χ1v) is 9.32. The van der Waals surface area contributed by atoms with Crippen LogP contribution in [0.15, 0.2) is 24.3 Å². The summed E-state index contributed by atoms with van der Waals surface area (Å²) in [6.07, 6.45) is 2.31. The third kappa shape index (κ3) is 2.75. The third-order valence-corrected chi connectivity index (χ3v) is 6.24. The van der Waals surface area contributed by atoms with Gasteiger partial charge in [0.1, 0.15) is 5.75 Å². The van der Waals surface area contributed by atoms with Crippen molar-refractivity contribution in [3.8, 4) is 17.0 Å². The van der Waals surface area contributed by atoms with Gasteiger partial charge in [0.15, 0.2) is 0 Å². The minimum atomic E-state index is 0.336. The van der Waals surface area contributed by atoms with Crippen LogP contribution in [0, 0.1) is 11.3 Å². The van der Waals surface area contributed by atoms with E-state index in [9.17, 15) is 0 Å².